The lowest BCUT2D eigenvalue weighted by atomic mass is 9.92. The molecule has 1 aliphatic rings. The van der Waals surface area contributed by atoms with Gasteiger partial charge in [-0.25, -0.2) is 0 Å². The maximum Gasteiger partial charge on any atom is 0.0795 e. The van der Waals surface area contributed by atoms with E-state index in [4.69, 9.17) is 0 Å². The molecule has 1 saturated heterocycles. The van der Waals surface area contributed by atoms with Crippen molar-refractivity contribution in [3.05, 3.63) is 0 Å². The van der Waals surface area contributed by atoms with Crippen LogP contribution >= 0.6 is 0 Å². The average Bonchev–Trinajstić information content (AvgIpc) is 2.14. The third-order valence-corrected chi connectivity index (χ3v) is 2.70. The van der Waals surface area contributed by atoms with Gasteiger partial charge in [0.25, 0.3) is 0 Å². The third kappa shape index (κ3) is 4.07. The summed E-state index contributed by atoms with van der Waals surface area (Å²) in [4.78, 5) is 0. The Labute approximate surface area is 80.9 Å². The Morgan fingerprint density at radius 1 is 1.38 bits per heavy atom. The van der Waals surface area contributed by atoms with Crippen LogP contribution in [0.25, 0.3) is 0 Å². The molecular weight excluding hydrogens is 164 g/mol. The SMILES string of the molecule is CCCCNCC1(O)CCNCC1. The van der Waals surface area contributed by atoms with Gasteiger partial charge in [0.1, 0.15) is 0 Å². The monoisotopic (exact) mass is 186 g/mol. The van der Waals surface area contributed by atoms with Gasteiger partial charge >= 0.3 is 0 Å². The lowest BCUT2D eigenvalue weighted by Gasteiger charge is -2.32. The molecule has 0 aromatic carbocycles. The summed E-state index contributed by atoms with van der Waals surface area (Å²) in [5.74, 6) is 0. The number of unbranched alkanes of at least 4 members (excludes halogenated alkanes) is 1. The van der Waals surface area contributed by atoms with Gasteiger partial charge in [0.05, 0.1) is 5.60 Å². The van der Waals surface area contributed by atoms with Gasteiger partial charge in [-0.3, -0.25) is 0 Å². The minimum atomic E-state index is -0.445. The van der Waals surface area contributed by atoms with Crippen molar-refractivity contribution in [3.8, 4) is 0 Å². The average molecular weight is 186 g/mol. The molecular formula is C10H22N2O. The van der Waals surface area contributed by atoms with Crippen molar-refractivity contribution < 1.29 is 5.11 Å². The normalized spacial score (nSPS) is 21.7. The highest BCUT2D eigenvalue weighted by atomic mass is 16.3. The van der Waals surface area contributed by atoms with Crippen LogP contribution in [-0.4, -0.2) is 36.9 Å². The summed E-state index contributed by atoms with van der Waals surface area (Å²) in [5, 5.41) is 16.6. The molecule has 0 bridgehead atoms. The van der Waals surface area contributed by atoms with Crippen molar-refractivity contribution in [3.63, 3.8) is 0 Å². The second-order valence-corrected chi connectivity index (χ2v) is 4.00. The third-order valence-electron chi connectivity index (χ3n) is 2.70. The fourth-order valence-corrected chi connectivity index (χ4v) is 1.69. The predicted molar refractivity (Wildman–Crippen MR) is 54.8 cm³/mol. The number of hydrogen-bond donors (Lipinski definition) is 3. The molecule has 0 saturated carbocycles. The Bertz CT molecular complexity index is 133. The topological polar surface area (TPSA) is 44.3 Å². The van der Waals surface area contributed by atoms with Gasteiger partial charge < -0.3 is 15.7 Å². The van der Waals surface area contributed by atoms with Gasteiger partial charge in [0.15, 0.2) is 0 Å². The lowest BCUT2D eigenvalue weighted by Crippen LogP contribution is -2.48. The number of piperidine rings is 1. The summed E-state index contributed by atoms with van der Waals surface area (Å²) in [6.07, 6.45) is 4.18. The molecule has 3 N–H and O–H groups in total. The van der Waals surface area contributed by atoms with Crippen molar-refractivity contribution in [2.45, 2.75) is 38.2 Å². The molecule has 3 heteroatoms. The molecule has 0 atom stereocenters. The van der Waals surface area contributed by atoms with Crippen LogP contribution in [0.4, 0.5) is 0 Å². The molecule has 1 aliphatic heterocycles. The summed E-state index contributed by atoms with van der Waals surface area (Å²) >= 11 is 0. The first-order chi connectivity index (χ1) is 6.27. The van der Waals surface area contributed by atoms with Crippen LogP contribution < -0.4 is 10.6 Å². The second kappa shape index (κ2) is 5.58. The Hall–Kier alpha value is -0.120. The van der Waals surface area contributed by atoms with E-state index in [1.165, 1.54) is 12.8 Å². The molecule has 13 heavy (non-hydrogen) atoms. The highest BCUT2D eigenvalue weighted by Crippen LogP contribution is 2.16. The highest BCUT2D eigenvalue weighted by molar-refractivity contribution is 4.85. The van der Waals surface area contributed by atoms with E-state index >= 15 is 0 Å². The fourth-order valence-electron chi connectivity index (χ4n) is 1.69. The van der Waals surface area contributed by atoms with Gasteiger partial charge in [-0.15, -0.1) is 0 Å². The molecule has 3 nitrogen and oxygen atoms in total. The zero-order valence-electron chi connectivity index (χ0n) is 8.60. The molecule has 78 valence electrons. The lowest BCUT2D eigenvalue weighted by molar-refractivity contribution is 0.0113. The molecule has 0 aromatic rings. The maximum atomic E-state index is 10.1. The van der Waals surface area contributed by atoms with Gasteiger partial charge in [-0.2, -0.15) is 0 Å². The van der Waals surface area contributed by atoms with E-state index in [2.05, 4.69) is 17.6 Å². The number of rotatable bonds is 5. The second-order valence-electron chi connectivity index (χ2n) is 4.00. The van der Waals surface area contributed by atoms with E-state index in [0.29, 0.717) is 0 Å². The Morgan fingerprint density at radius 2 is 2.08 bits per heavy atom. The van der Waals surface area contributed by atoms with Crippen molar-refractivity contribution in [1.82, 2.24) is 10.6 Å². The first-order valence-corrected chi connectivity index (χ1v) is 5.41. The van der Waals surface area contributed by atoms with Crippen LogP contribution in [0.5, 0.6) is 0 Å². The summed E-state index contributed by atoms with van der Waals surface area (Å²) < 4.78 is 0. The molecule has 1 fully saturated rings. The first-order valence-electron chi connectivity index (χ1n) is 5.41. The summed E-state index contributed by atoms with van der Waals surface area (Å²) in [6, 6.07) is 0. The van der Waals surface area contributed by atoms with E-state index < -0.39 is 5.60 Å². The largest absolute Gasteiger partial charge is 0.388 e. The highest BCUT2D eigenvalue weighted by Gasteiger charge is 2.27. The molecule has 0 spiro atoms. The van der Waals surface area contributed by atoms with Crippen molar-refractivity contribution in [1.29, 1.82) is 0 Å². The van der Waals surface area contributed by atoms with Crippen LogP contribution in [-0.2, 0) is 0 Å². The van der Waals surface area contributed by atoms with E-state index in [1.807, 2.05) is 0 Å². The summed E-state index contributed by atoms with van der Waals surface area (Å²) in [7, 11) is 0. The number of nitrogens with one attached hydrogen (secondary N) is 2. The van der Waals surface area contributed by atoms with Gasteiger partial charge in [0, 0.05) is 6.54 Å². The molecule has 0 aromatic heterocycles. The molecule has 0 aliphatic carbocycles. The Morgan fingerprint density at radius 3 is 2.69 bits per heavy atom. The quantitative estimate of drug-likeness (QED) is 0.548. The van der Waals surface area contributed by atoms with Crippen LogP contribution in [0, 0.1) is 0 Å². The minimum absolute atomic E-state index is 0.445. The van der Waals surface area contributed by atoms with Crippen LogP contribution in [0.1, 0.15) is 32.6 Å². The zero-order valence-corrected chi connectivity index (χ0v) is 8.60. The van der Waals surface area contributed by atoms with Gasteiger partial charge in [-0.05, 0) is 38.9 Å². The van der Waals surface area contributed by atoms with E-state index in [9.17, 15) is 5.11 Å². The predicted octanol–water partition coefficient (Wildman–Crippen LogP) is 0.491. The molecule has 1 heterocycles. The van der Waals surface area contributed by atoms with Crippen molar-refractivity contribution in [2.24, 2.45) is 0 Å². The molecule has 0 radical (unpaired) electrons. The fraction of sp³-hybridized carbons (Fsp3) is 1.00. The molecule has 0 unspecified atom stereocenters. The standard InChI is InChI=1S/C10H22N2O/c1-2-3-6-12-9-10(13)4-7-11-8-5-10/h11-13H,2-9H2,1H3. The van der Waals surface area contributed by atoms with Crippen LogP contribution in [0.15, 0.2) is 0 Å². The number of aliphatic hydroxyl groups is 1. The van der Waals surface area contributed by atoms with E-state index in [-0.39, 0.29) is 0 Å². The smallest absolute Gasteiger partial charge is 0.0795 e. The van der Waals surface area contributed by atoms with Crippen LogP contribution in [0.2, 0.25) is 0 Å². The van der Waals surface area contributed by atoms with Crippen molar-refractivity contribution in [2.75, 3.05) is 26.2 Å². The summed E-state index contributed by atoms with van der Waals surface area (Å²) in [5.41, 5.74) is -0.445. The van der Waals surface area contributed by atoms with Gasteiger partial charge in [0.2, 0.25) is 0 Å². The van der Waals surface area contributed by atoms with E-state index in [1.54, 1.807) is 0 Å². The summed E-state index contributed by atoms with van der Waals surface area (Å²) in [6.45, 7) is 5.87. The van der Waals surface area contributed by atoms with Crippen LogP contribution in [0.3, 0.4) is 0 Å². The minimum Gasteiger partial charge on any atom is -0.388 e. The Kier molecular flexibility index (Phi) is 4.70. The Balaban J connectivity index is 2.10. The van der Waals surface area contributed by atoms with Gasteiger partial charge in [-0.1, -0.05) is 13.3 Å². The molecule has 1 rings (SSSR count). The zero-order chi connectivity index (χ0) is 9.57. The maximum absolute atomic E-state index is 10.1. The van der Waals surface area contributed by atoms with E-state index in [0.717, 1.165) is 39.0 Å². The molecule has 0 amide bonds. The first kappa shape index (κ1) is 11.0. The van der Waals surface area contributed by atoms with Crippen molar-refractivity contribution >= 4 is 0 Å². The number of hydrogen-bond acceptors (Lipinski definition) is 3.